The number of hydrazone groups is 1. The zero-order valence-corrected chi connectivity index (χ0v) is 17.5. The minimum Gasteiger partial charge on any atom is -0.495 e. The van der Waals surface area contributed by atoms with Gasteiger partial charge in [-0.3, -0.25) is 20.3 Å². The number of nitriles is 1. The molecule has 2 N–H and O–H groups in total. The van der Waals surface area contributed by atoms with E-state index in [1.807, 2.05) is 6.07 Å². The molecule has 0 aliphatic carbocycles. The lowest BCUT2D eigenvalue weighted by molar-refractivity contribution is -0.385. The number of anilines is 2. The highest BCUT2D eigenvalue weighted by molar-refractivity contribution is 7.93. The Morgan fingerprint density at radius 3 is 2.47 bits per heavy atom. The van der Waals surface area contributed by atoms with Crippen molar-refractivity contribution < 1.29 is 18.1 Å². The Labute approximate surface area is 184 Å². The van der Waals surface area contributed by atoms with E-state index in [9.17, 15) is 18.5 Å². The van der Waals surface area contributed by atoms with Gasteiger partial charge in [0.05, 0.1) is 41.3 Å². The molecule has 0 atom stereocenters. The lowest BCUT2D eigenvalue weighted by Gasteiger charge is -2.14. The molecule has 0 unspecified atom stereocenters. The van der Waals surface area contributed by atoms with Crippen molar-refractivity contribution in [1.82, 2.24) is 0 Å². The van der Waals surface area contributed by atoms with E-state index in [0.29, 0.717) is 11.1 Å². The maximum Gasteiger partial charge on any atom is 0.270 e. The first-order valence-electron chi connectivity index (χ1n) is 9.07. The van der Waals surface area contributed by atoms with Gasteiger partial charge in [0.2, 0.25) is 0 Å². The molecule has 3 rings (SSSR count). The van der Waals surface area contributed by atoms with Crippen LogP contribution in [0, 0.1) is 21.4 Å². The normalized spacial score (nSPS) is 11.0. The molecular formula is C21H17N5O5S. The van der Waals surface area contributed by atoms with Crippen molar-refractivity contribution in [2.75, 3.05) is 17.3 Å². The summed E-state index contributed by atoms with van der Waals surface area (Å²) >= 11 is 0. The predicted molar refractivity (Wildman–Crippen MR) is 119 cm³/mol. The number of para-hydroxylation sites is 2. The van der Waals surface area contributed by atoms with Crippen LogP contribution in [0.25, 0.3) is 0 Å². The van der Waals surface area contributed by atoms with E-state index in [2.05, 4.69) is 15.2 Å². The minimum absolute atomic E-state index is 0.0305. The first kappa shape index (κ1) is 22.3. The lowest BCUT2D eigenvalue weighted by atomic mass is 10.2. The van der Waals surface area contributed by atoms with Crippen LogP contribution in [-0.2, 0) is 10.0 Å². The molecule has 10 nitrogen and oxygen atoms in total. The molecule has 0 spiro atoms. The zero-order chi connectivity index (χ0) is 23.1. The van der Waals surface area contributed by atoms with Gasteiger partial charge in [-0.1, -0.05) is 24.3 Å². The van der Waals surface area contributed by atoms with E-state index in [1.165, 1.54) is 31.5 Å². The Balaban J connectivity index is 1.94. The number of benzene rings is 3. The Morgan fingerprint density at radius 2 is 1.81 bits per heavy atom. The van der Waals surface area contributed by atoms with E-state index in [-0.39, 0.29) is 22.0 Å². The van der Waals surface area contributed by atoms with Crippen molar-refractivity contribution >= 4 is 33.3 Å². The fraction of sp³-hybridized carbons (Fsp3) is 0.0476. The molecule has 0 fully saturated rings. The molecule has 0 bridgehead atoms. The third kappa shape index (κ3) is 5.18. The van der Waals surface area contributed by atoms with Gasteiger partial charge in [-0.25, -0.2) is 8.42 Å². The van der Waals surface area contributed by atoms with Gasteiger partial charge < -0.3 is 4.74 Å². The molecule has 0 aliphatic heterocycles. The van der Waals surface area contributed by atoms with E-state index in [4.69, 9.17) is 10.00 Å². The second kappa shape index (κ2) is 9.59. The standard InChI is InChI=1S/C21H17N5O5S/c1-31-20-5-3-2-4-18(20)25-32(29,30)21-12-17(26(27)28)10-11-19(21)24-23-14-16-8-6-15(13-22)7-9-16/h2-12,14,24-25H,1H3. The Morgan fingerprint density at radius 1 is 1.09 bits per heavy atom. The molecule has 162 valence electrons. The largest absolute Gasteiger partial charge is 0.495 e. The van der Waals surface area contributed by atoms with E-state index < -0.39 is 20.6 Å². The number of nitro benzene ring substituents is 1. The van der Waals surface area contributed by atoms with Crippen molar-refractivity contribution in [2.24, 2.45) is 5.10 Å². The van der Waals surface area contributed by atoms with Gasteiger partial charge in [-0.05, 0) is 35.9 Å². The molecule has 0 saturated carbocycles. The molecule has 0 saturated heterocycles. The Kier molecular flexibility index (Phi) is 6.67. The predicted octanol–water partition coefficient (Wildman–Crippen LogP) is 3.72. The third-order valence-corrected chi connectivity index (χ3v) is 5.66. The summed E-state index contributed by atoms with van der Waals surface area (Å²) in [5.41, 5.74) is 3.57. The Bertz CT molecular complexity index is 1320. The first-order valence-corrected chi connectivity index (χ1v) is 10.6. The number of nitrogens with zero attached hydrogens (tertiary/aromatic N) is 3. The van der Waals surface area contributed by atoms with E-state index >= 15 is 0 Å². The molecule has 0 heterocycles. The van der Waals surface area contributed by atoms with Gasteiger partial charge >= 0.3 is 0 Å². The number of nitrogens with one attached hydrogen (secondary N) is 2. The third-order valence-electron chi connectivity index (χ3n) is 4.26. The average Bonchev–Trinajstić information content (AvgIpc) is 2.79. The second-order valence-corrected chi connectivity index (χ2v) is 8.00. The molecule has 0 radical (unpaired) electrons. The molecule has 32 heavy (non-hydrogen) atoms. The van der Waals surface area contributed by atoms with Crippen LogP contribution in [0.3, 0.4) is 0 Å². The highest BCUT2D eigenvalue weighted by Crippen LogP contribution is 2.31. The van der Waals surface area contributed by atoms with Crippen molar-refractivity contribution in [1.29, 1.82) is 5.26 Å². The molecule has 3 aromatic carbocycles. The van der Waals surface area contributed by atoms with Crippen LogP contribution in [0.15, 0.2) is 76.7 Å². The van der Waals surface area contributed by atoms with E-state index in [1.54, 1.807) is 42.5 Å². The van der Waals surface area contributed by atoms with Crippen molar-refractivity contribution in [3.63, 3.8) is 0 Å². The smallest absolute Gasteiger partial charge is 0.270 e. The summed E-state index contributed by atoms with van der Waals surface area (Å²) in [6, 6.07) is 18.3. The van der Waals surface area contributed by atoms with Crippen LogP contribution >= 0.6 is 0 Å². The summed E-state index contributed by atoms with van der Waals surface area (Å²) in [6.07, 6.45) is 1.42. The number of hydrogen-bond acceptors (Lipinski definition) is 8. The molecular weight excluding hydrogens is 434 g/mol. The maximum atomic E-state index is 13.1. The number of sulfonamides is 1. The van der Waals surface area contributed by atoms with Crippen LogP contribution < -0.4 is 14.9 Å². The fourth-order valence-electron chi connectivity index (χ4n) is 2.69. The van der Waals surface area contributed by atoms with Gasteiger partial charge in [0.25, 0.3) is 15.7 Å². The number of hydrogen-bond donors (Lipinski definition) is 2. The van der Waals surface area contributed by atoms with Crippen LogP contribution in [0.5, 0.6) is 5.75 Å². The molecule has 0 amide bonds. The monoisotopic (exact) mass is 451 g/mol. The molecule has 11 heteroatoms. The van der Waals surface area contributed by atoms with Gasteiger partial charge in [-0.2, -0.15) is 10.4 Å². The minimum atomic E-state index is -4.24. The SMILES string of the molecule is COc1ccccc1NS(=O)(=O)c1cc([N+](=O)[O-])ccc1NN=Cc1ccc(C#N)cc1. The highest BCUT2D eigenvalue weighted by atomic mass is 32.2. The summed E-state index contributed by atoms with van der Waals surface area (Å²) in [5, 5.41) is 24.1. The number of ether oxygens (including phenoxy) is 1. The summed E-state index contributed by atoms with van der Waals surface area (Å²) in [4.78, 5) is 10.1. The first-order chi connectivity index (χ1) is 15.3. The molecule has 0 aliphatic rings. The number of nitro groups is 1. The number of methoxy groups -OCH3 is 1. The van der Waals surface area contributed by atoms with E-state index in [0.717, 1.165) is 6.07 Å². The van der Waals surface area contributed by atoms with Gasteiger partial charge in [0.1, 0.15) is 10.6 Å². The number of rotatable bonds is 8. The maximum absolute atomic E-state index is 13.1. The topological polar surface area (TPSA) is 147 Å². The fourth-order valence-corrected chi connectivity index (χ4v) is 3.94. The molecule has 3 aromatic rings. The van der Waals surface area contributed by atoms with Gasteiger partial charge in [-0.15, -0.1) is 0 Å². The van der Waals surface area contributed by atoms with Gasteiger partial charge in [0.15, 0.2) is 0 Å². The highest BCUT2D eigenvalue weighted by Gasteiger charge is 2.23. The quantitative estimate of drug-likeness (QED) is 0.301. The van der Waals surface area contributed by atoms with Crippen molar-refractivity contribution in [3.8, 4) is 11.8 Å². The van der Waals surface area contributed by atoms with Crippen molar-refractivity contribution in [2.45, 2.75) is 4.90 Å². The van der Waals surface area contributed by atoms with Crippen LogP contribution in [-0.4, -0.2) is 26.7 Å². The summed E-state index contributed by atoms with van der Waals surface area (Å²) < 4.78 is 33.7. The average molecular weight is 451 g/mol. The molecule has 0 aromatic heterocycles. The summed E-state index contributed by atoms with van der Waals surface area (Å²) in [6.45, 7) is 0. The van der Waals surface area contributed by atoms with Gasteiger partial charge in [0, 0.05) is 12.1 Å². The Hall–Kier alpha value is -4.43. The van der Waals surface area contributed by atoms with Crippen molar-refractivity contribution in [3.05, 3.63) is 88.0 Å². The van der Waals surface area contributed by atoms with Crippen LogP contribution in [0.2, 0.25) is 0 Å². The van der Waals surface area contributed by atoms with Crippen LogP contribution in [0.1, 0.15) is 11.1 Å². The second-order valence-electron chi connectivity index (χ2n) is 6.35. The lowest BCUT2D eigenvalue weighted by Crippen LogP contribution is -2.15. The number of non-ortho nitro benzene ring substituents is 1. The summed E-state index contributed by atoms with van der Waals surface area (Å²) in [5.74, 6) is 0.287. The summed E-state index contributed by atoms with van der Waals surface area (Å²) in [7, 11) is -2.85. The van der Waals surface area contributed by atoms with Crippen LogP contribution in [0.4, 0.5) is 17.1 Å². The zero-order valence-electron chi connectivity index (χ0n) is 16.7.